The number of halogens is 1. The lowest BCUT2D eigenvalue weighted by Gasteiger charge is -2.15. The molecule has 2 amide bonds. The van der Waals surface area contributed by atoms with Crippen LogP contribution in [0.5, 0.6) is 5.75 Å². The van der Waals surface area contributed by atoms with Gasteiger partial charge in [0.2, 0.25) is 5.91 Å². The Morgan fingerprint density at radius 1 is 1.08 bits per heavy atom. The molecule has 2 rings (SSSR count). The van der Waals surface area contributed by atoms with Gasteiger partial charge >= 0.3 is 0 Å². The Labute approximate surface area is 152 Å². The van der Waals surface area contributed by atoms with E-state index in [0.717, 1.165) is 5.56 Å². The van der Waals surface area contributed by atoms with Crippen molar-refractivity contribution in [3.8, 4) is 5.75 Å². The topological polar surface area (TPSA) is 67.4 Å². The van der Waals surface area contributed by atoms with Crippen molar-refractivity contribution < 1.29 is 14.3 Å². The van der Waals surface area contributed by atoms with E-state index in [2.05, 4.69) is 10.6 Å². The molecular weight excluding hydrogens is 340 g/mol. The van der Waals surface area contributed by atoms with Crippen molar-refractivity contribution in [1.82, 2.24) is 10.6 Å². The number of nitrogens with one attached hydrogen (secondary N) is 2. The van der Waals surface area contributed by atoms with Gasteiger partial charge in [-0.1, -0.05) is 23.7 Å². The predicted molar refractivity (Wildman–Crippen MR) is 98.0 cm³/mol. The Balaban J connectivity index is 1.82. The molecule has 2 aromatic rings. The zero-order chi connectivity index (χ0) is 18.2. The van der Waals surface area contributed by atoms with Gasteiger partial charge in [0, 0.05) is 10.6 Å². The Kier molecular flexibility index (Phi) is 6.83. The molecule has 132 valence electrons. The second-order valence-corrected chi connectivity index (χ2v) is 5.92. The molecule has 0 fully saturated rings. The summed E-state index contributed by atoms with van der Waals surface area (Å²) in [5.74, 6) is 0.132. The van der Waals surface area contributed by atoms with Crippen LogP contribution in [-0.2, 0) is 4.79 Å². The van der Waals surface area contributed by atoms with Crippen molar-refractivity contribution in [2.24, 2.45) is 0 Å². The van der Waals surface area contributed by atoms with Gasteiger partial charge in [0.15, 0.2) is 0 Å². The van der Waals surface area contributed by atoms with Crippen LogP contribution in [0.1, 0.15) is 35.8 Å². The maximum atomic E-state index is 12.1. The largest absolute Gasteiger partial charge is 0.494 e. The summed E-state index contributed by atoms with van der Waals surface area (Å²) in [7, 11) is 0. The van der Waals surface area contributed by atoms with Gasteiger partial charge in [0.25, 0.3) is 5.91 Å². The van der Waals surface area contributed by atoms with Crippen LogP contribution < -0.4 is 15.4 Å². The number of carbonyl (C=O) groups is 2. The van der Waals surface area contributed by atoms with Crippen LogP contribution in [0.15, 0.2) is 48.5 Å². The minimum Gasteiger partial charge on any atom is -0.494 e. The van der Waals surface area contributed by atoms with Crippen LogP contribution in [0.25, 0.3) is 0 Å². The fourth-order valence-electron chi connectivity index (χ4n) is 2.26. The summed E-state index contributed by atoms with van der Waals surface area (Å²) in [5.41, 5.74) is 1.41. The molecule has 5 nitrogen and oxygen atoms in total. The highest BCUT2D eigenvalue weighted by Gasteiger charge is 2.12. The molecule has 1 atom stereocenters. The van der Waals surface area contributed by atoms with Crippen molar-refractivity contribution in [2.45, 2.75) is 19.9 Å². The number of amides is 2. The number of benzene rings is 2. The number of carbonyl (C=O) groups excluding carboxylic acids is 2. The average Bonchev–Trinajstić information content (AvgIpc) is 2.61. The fraction of sp³-hybridized carbons (Fsp3) is 0.263. The zero-order valence-corrected chi connectivity index (χ0v) is 15.0. The molecule has 0 saturated heterocycles. The molecule has 0 aromatic heterocycles. The van der Waals surface area contributed by atoms with E-state index >= 15 is 0 Å². The number of ether oxygens (including phenoxy) is 1. The molecule has 0 spiro atoms. The summed E-state index contributed by atoms with van der Waals surface area (Å²) in [6.45, 7) is 4.24. The van der Waals surface area contributed by atoms with Gasteiger partial charge in [-0.2, -0.15) is 0 Å². The van der Waals surface area contributed by atoms with Crippen LogP contribution in [0.3, 0.4) is 0 Å². The fourth-order valence-corrected chi connectivity index (χ4v) is 2.39. The lowest BCUT2D eigenvalue weighted by Crippen LogP contribution is -2.38. The molecular formula is C19H21ClN2O3. The molecule has 0 bridgehead atoms. The van der Waals surface area contributed by atoms with Gasteiger partial charge in [-0.25, -0.2) is 0 Å². The van der Waals surface area contributed by atoms with Crippen LogP contribution >= 0.6 is 11.6 Å². The second-order valence-electron chi connectivity index (χ2n) is 5.48. The SMILES string of the molecule is CCOc1ccc(C(=O)NCC(=O)N[C@@H](C)c2ccc(Cl)cc2)cc1. The molecule has 2 N–H and O–H groups in total. The molecule has 0 radical (unpaired) electrons. The summed E-state index contributed by atoms with van der Waals surface area (Å²) in [6, 6.07) is 13.8. The summed E-state index contributed by atoms with van der Waals surface area (Å²) in [4.78, 5) is 24.1. The van der Waals surface area contributed by atoms with Crippen LogP contribution in [-0.4, -0.2) is 25.0 Å². The van der Waals surface area contributed by atoms with Crippen molar-refractivity contribution in [3.63, 3.8) is 0 Å². The molecule has 25 heavy (non-hydrogen) atoms. The third kappa shape index (κ3) is 5.80. The van der Waals surface area contributed by atoms with Gasteiger partial charge < -0.3 is 15.4 Å². The van der Waals surface area contributed by atoms with E-state index in [4.69, 9.17) is 16.3 Å². The van der Waals surface area contributed by atoms with E-state index in [0.29, 0.717) is 22.9 Å². The zero-order valence-electron chi connectivity index (χ0n) is 14.2. The normalized spacial score (nSPS) is 11.5. The van der Waals surface area contributed by atoms with Crippen LogP contribution in [0, 0.1) is 0 Å². The Bertz CT molecular complexity index is 714. The van der Waals surface area contributed by atoms with E-state index in [1.165, 1.54) is 0 Å². The molecule has 0 heterocycles. The first kappa shape index (κ1) is 18.8. The average molecular weight is 361 g/mol. The molecule has 0 aliphatic carbocycles. The van der Waals surface area contributed by atoms with Crippen molar-refractivity contribution in [1.29, 1.82) is 0 Å². The third-order valence-electron chi connectivity index (χ3n) is 3.58. The number of hydrogen-bond acceptors (Lipinski definition) is 3. The lowest BCUT2D eigenvalue weighted by molar-refractivity contribution is -0.120. The van der Waals surface area contributed by atoms with E-state index in [1.54, 1.807) is 36.4 Å². The van der Waals surface area contributed by atoms with E-state index in [-0.39, 0.29) is 24.4 Å². The standard InChI is InChI=1S/C19H21ClN2O3/c1-3-25-17-10-6-15(7-11-17)19(24)21-12-18(23)22-13(2)14-4-8-16(20)9-5-14/h4-11,13H,3,12H2,1-2H3,(H,21,24)(H,22,23)/t13-/m0/s1. The first-order valence-electron chi connectivity index (χ1n) is 8.05. The van der Waals surface area contributed by atoms with Gasteiger partial charge in [-0.05, 0) is 55.8 Å². The quantitative estimate of drug-likeness (QED) is 0.795. The summed E-state index contributed by atoms with van der Waals surface area (Å²) < 4.78 is 5.33. The predicted octanol–water partition coefficient (Wildman–Crippen LogP) is 3.35. The van der Waals surface area contributed by atoms with Crippen molar-refractivity contribution in [3.05, 3.63) is 64.7 Å². The highest BCUT2D eigenvalue weighted by Crippen LogP contribution is 2.16. The minimum absolute atomic E-state index is 0.0933. The summed E-state index contributed by atoms with van der Waals surface area (Å²) >= 11 is 5.85. The molecule has 0 unspecified atom stereocenters. The maximum absolute atomic E-state index is 12.1. The van der Waals surface area contributed by atoms with Crippen LogP contribution in [0.2, 0.25) is 5.02 Å². The van der Waals surface area contributed by atoms with Gasteiger partial charge in [0.05, 0.1) is 19.2 Å². The first-order valence-corrected chi connectivity index (χ1v) is 8.43. The highest BCUT2D eigenvalue weighted by atomic mass is 35.5. The van der Waals surface area contributed by atoms with E-state index in [1.807, 2.05) is 26.0 Å². The lowest BCUT2D eigenvalue weighted by atomic mass is 10.1. The highest BCUT2D eigenvalue weighted by molar-refractivity contribution is 6.30. The van der Waals surface area contributed by atoms with Crippen molar-refractivity contribution in [2.75, 3.05) is 13.2 Å². The summed E-state index contributed by atoms with van der Waals surface area (Å²) in [5, 5.41) is 6.08. The molecule has 2 aromatic carbocycles. The van der Waals surface area contributed by atoms with E-state index < -0.39 is 0 Å². The van der Waals surface area contributed by atoms with E-state index in [9.17, 15) is 9.59 Å². The van der Waals surface area contributed by atoms with Gasteiger partial charge in [0.1, 0.15) is 5.75 Å². The minimum atomic E-state index is -0.308. The monoisotopic (exact) mass is 360 g/mol. The third-order valence-corrected chi connectivity index (χ3v) is 3.84. The maximum Gasteiger partial charge on any atom is 0.251 e. The Morgan fingerprint density at radius 2 is 1.72 bits per heavy atom. The Hall–Kier alpha value is -2.53. The van der Waals surface area contributed by atoms with Gasteiger partial charge in [-0.3, -0.25) is 9.59 Å². The molecule has 6 heteroatoms. The van der Waals surface area contributed by atoms with Gasteiger partial charge in [-0.15, -0.1) is 0 Å². The second kappa shape index (κ2) is 9.08. The summed E-state index contributed by atoms with van der Waals surface area (Å²) in [6.07, 6.45) is 0. The number of rotatable bonds is 7. The number of hydrogen-bond donors (Lipinski definition) is 2. The Morgan fingerprint density at radius 3 is 2.32 bits per heavy atom. The van der Waals surface area contributed by atoms with Crippen LogP contribution in [0.4, 0.5) is 0 Å². The first-order chi connectivity index (χ1) is 12.0. The smallest absolute Gasteiger partial charge is 0.251 e. The van der Waals surface area contributed by atoms with Crippen molar-refractivity contribution >= 4 is 23.4 Å². The molecule has 0 aliphatic rings. The molecule has 0 saturated carbocycles. The molecule has 0 aliphatic heterocycles.